The van der Waals surface area contributed by atoms with Gasteiger partial charge in [0.15, 0.2) is 5.96 Å². The number of fused-ring (bicyclic) bond motifs is 5. The summed E-state index contributed by atoms with van der Waals surface area (Å²) in [4.78, 5) is 31.5. The Bertz CT molecular complexity index is 836. The fourth-order valence-corrected chi connectivity index (χ4v) is 4.98. The molecule has 1 heterocycles. The molecule has 160 valence electrons. The summed E-state index contributed by atoms with van der Waals surface area (Å²) >= 11 is 0. The first-order chi connectivity index (χ1) is 14.6. The van der Waals surface area contributed by atoms with E-state index in [9.17, 15) is 14.7 Å². The van der Waals surface area contributed by atoms with Gasteiger partial charge in [0.2, 0.25) is 11.8 Å². The van der Waals surface area contributed by atoms with Crippen LogP contribution >= 0.6 is 0 Å². The van der Waals surface area contributed by atoms with E-state index < -0.39 is 0 Å². The number of guanidine groups is 1. The van der Waals surface area contributed by atoms with Crippen molar-refractivity contribution in [2.24, 2.45) is 28.7 Å². The number of aliphatic imine (C=N–C) groups is 1. The van der Waals surface area contributed by atoms with Gasteiger partial charge in [0.05, 0.1) is 11.8 Å². The largest absolute Gasteiger partial charge is 0.508 e. The van der Waals surface area contributed by atoms with E-state index in [2.05, 4.69) is 27.8 Å². The molecule has 7 nitrogen and oxygen atoms in total. The molecular formula is C23H30N4O3. The fourth-order valence-electron chi connectivity index (χ4n) is 4.98. The number of likely N-dealkylation sites (tertiary alicyclic amines) is 1. The topological polar surface area (TPSA) is 94.0 Å². The number of amides is 2. The van der Waals surface area contributed by atoms with Crippen LogP contribution < -0.4 is 10.6 Å². The highest BCUT2D eigenvalue weighted by Crippen LogP contribution is 2.52. The molecule has 4 atom stereocenters. The molecule has 1 saturated carbocycles. The molecular weight excluding hydrogens is 380 g/mol. The van der Waals surface area contributed by atoms with Crippen LogP contribution in [0.3, 0.4) is 0 Å². The minimum absolute atomic E-state index is 0.0157. The second kappa shape index (κ2) is 8.90. The zero-order valence-electron chi connectivity index (χ0n) is 17.4. The summed E-state index contributed by atoms with van der Waals surface area (Å²) in [6.45, 7) is 4.43. The van der Waals surface area contributed by atoms with E-state index >= 15 is 0 Å². The van der Waals surface area contributed by atoms with Gasteiger partial charge in [-0.15, -0.1) is 0 Å². The predicted molar refractivity (Wildman–Crippen MR) is 115 cm³/mol. The first-order valence-electron chi connectivity index (χ1n) is 10.9. The SMILES string of the molecule is CCNC(=NCCCN1C(=O)C2C3C=CC(C3)C2C1=O)NCCc1cccc(O)c1. The lowest BCUT2D eigenvalue weighted by molar-refractivity contribution is -0.140. The Kier molecular flexibility index (Phi) is 6.06. The van der Waals surface area contributed by atoms with Crippen LogP contribution in [0.2, 0.25) is 0 Å². The Balaban J connectivity index is 1.24. The molecule has 7 heteroatoms. The first kappa shape index (κ1) is 20.4. The average Bonchev–Trinajstić information content (AvgIpc) is 3.40. The third-order valence-corrected chi connectivity index (χ3v) is 6.33. The normalized spacial score (nSPS) is 27.1. The lowest BCUT2D eigenvalue weighted by Gasteiger charge is -2.17. The summed E-state index contributed by atoms with van der Waals surface area (Å²) in [5.41, 5.74) is 1.05. The number of aromatic hydroxyl groups is 1. The predicted octanol–water partition coefficient (Wildman–Crippen LogP) is 1.69. The van der Waals surface area contributed by atoms with Gasteiger partial charge in [-0.05, 0) is 55.7 Å². The van der Waals surface area contributed by atoms with Crippen LogP contribution in [0.25, 0.3) is 0 Å². The van der Waals surface area contributed by atoms with Gasteiger partial charge in [-0.25, -0.2) is 0 Å². The molecule has 1 aromatic carbocycles. The van der Waals surface area contributed by atoms with Gasteiger partial charge in [0.25, 0.3) is 0 Å². The highest BCUT2D eigenvalue weighted by molar-refractivity contribution is 6.06. The molecule has 2 amide bonds. The molecule has 2 fully saturated rings. The Morgan fingerprint density at radius 3 is 2.57 bits per heavy atom. The van der Waals surface area contributed by atoms with E-state index in [4.69, 9.17) is 0 Å². The first-order valence-corrected chi connectivity index (χ1v) is 10.9. The minimum atomic E-state index is -0.118. The summed E-state index contributed by atoms with van der Waals surface area (Å²) in [6.07, 6.45) is 6.63. The Morgan fingerprint density at radius 1 is 1.17 bits per heavy atom. The highest BCUT2D eigenvalue weighted by Gasteiger charge is 2.58. The van der Waals surface area contributed by atoms with E-state index in [0.29, 0.717) is 26.1 Å². The third kappa shape index (κ3) is 4.06. The van der Waals surface area contributed by atoms with Crippen LogP contribution in [-0.4, -0.2) is 54.0 Å². The molecule has 0 aromatic heterocycles. The summed E-state index contributed by atoms with van der Waals surface area (Å²) in [6, 6.07) is 7.23. The van der Waals surface area contributed by atoms with Crippen molar-refractivity contribution in [3.05, 3.63) is 42.0 Å². The smallest absolute Gasteiger partial charge is 0.233 e. The lowest BCUT2D eigenvalue weighted by atomic mass is 9.85. The van der Waals surface area contributed by atoms with Gasteiger partial charge < -0.3 is 15.7 Å². The van der Waals surface area contributed by atoms with Gasteiger partial charge >= 0.3 is 0 Å². The second-order valence-corrected chi connectivity index (χ2v) is 8.29. The Morgan fingerprint density at radius 2 is 1.90 bits per heavy atom. The monoisotopic (exact) mass is 410 g/mol. The zero-order valence-corrected chi connectivity index (χ0v) is 17.4. The van der Waals surface area contributed by atoms with Crippen molar-refractivity contribution >= 4 is 17.8 Å². The summed E-state index contributed by atoms with van der Waals surface area (Å²) < 4.78 is 0. The fraction of sp³-hybridized carbons (Fsp3) is 0.522. The van der Waals surface area contributed by atoms with Crippen LogP contribution in [0.1, 0.15) is 25.3 Å². The number of rotatable bonds is 8. The highest BCUT2D eigenvalue weighted by atomic mass is 16.3. The van der Waals surface area contributed by atoms with Crippen molar-refractivity contribution in [1.29, 1.82) is 0 Å². The van der Waals surface area contributed by atoms with E-state index in [1.165, 1.54) is 4.90 Å². The van der Waals surface area contributed by atoms with E-state index in [-0.39, 0.29) is 41.2 Å². The van der Waals surface area contributed by atoms with Crippen molar-refractivity contribution in [3.8, 4) is 5.75 Å². The molecule has 4 rings (SSSR count). The molecule has 30 heavy (non-hydrogen) atoms. The molecule has 2 aliphatic carbocycles. The molecule has 1 aromatic rings. The number of phenolic OH excluding ortho intramolecular Hbond substituents is 1. The number of nitrogens with one attached hydrogen (secondary N) is 2. The maximum atomic E-state index is 12.7. The molecule has 3 N–H and O–H groups in total. The van der Waals surface area contributed by atoms with Crippen molar-refractivity contribution in [1.82, 2.24) is 15.5 Å². The average molecular weight is 411 g/mol. The molecule has 2 bridgehead atoms. The van der Waals surface area contributed by atoms with Gasteiger partial charge in [0, 0.05) is 26.2 Å². The molecule has 4 unspecified atom stereocenters. The quantitative estimate of drug-likeness (QED) is 0.199. The van der Waals surface area contributed by atoms with Crippen molar-refractivity contribution in [3.63, 3.8) is 0 Å². The summed E-state index contributed by atoms with van der Waals surface area (Å²) in [5.74, 6) is 1.30. The van der Waals surface area contributed by atoms with Gasteiger partial charge in [-0.1, -0.05) is 24.3 Å². The lowest BCUT2D eigenvalue weighted by Crippen LogP contribution is -2.38. The molecule has 3 aliphatic rings. The maximum Gasteiger partial charge on any atom is 0.233 e. The zero-order chi connectivity index (χ0) is 21.1. The summed E-state index contributed by atoms with van der Waals surface area (Å²) in [5, 5.41) is 16.0. The Hall–Kier alpha value is -2.83. The second-order valence-electron chi connectivity index (χ2n) is 8.29. The van der Waals surface area contributed by atoms with Crippen molar-refractivity contribution in [2.45, 2.75) is 26.2 Å². The van der Waals surface area contributed by atoms with Gasteiger partial charge in [-0.2, -0.15) is 0 Å². The number of nitrogens with zero attached hydrogens (tertiary/aromatic N) is 2. The van der Waals surface area contributed by atoms with E-state index in [0.717, 1.165) is 30.9 Å². The van der Waals surface area contributed by atoms with Gasteiger partial charge in [0.1, 0.15) is 5.75 Å². The third-order valence-electron chi connectivity index (χ3n) is 6.33. The van der Waals surface area contributed by atoms with Crippen molar-refractivity contribution < 1.29 is 14.7 Å². The number of allylic oxidation sites excluding steroid dienone is 2. The van der Waals surface area contributed by atoms with Crippen LogP contribution in [0.5, 0.6) is 5.75 Å². The van der Waals surface area contributed by atoms with Crippen LogP contribution in [0, 0.1) is 23.7 Å². The number of carbonyl (C=O) groups is 2. The molecule has 0 radical (unpaired) electrons. The van der Waals surface area contributed by atoms with E-state index in [1.54, 1.807) is 12.1 Å². The number of hydrogen-bond acceptors (Lipinski definition) is 4. The summed E-state index contributed by atoms with van der Waals surface area (Å²) in [7, 11) is 0. The number of hydrogen-bond donors (Lipinski definition) is 3. The van der Waals surface area contributed by atoms with Crippen molar-refractivity contribution in [2.75, 3.05) is 26.2 Å². The number of benzene rings is 1. The maximum absolute atomic E-state index is 12.7. The molecule has 1 saturated heterocycles. The molecule has 0 spiro atoms. The van der Waals surface area contributed by atoms with Crippen LogP contribution in [0.15, 0.2) is 41.4 Å². The minimum Gasteiger partial charge on any atom is -0.508 e. The number of imide groups is 1. The molecule has 1 aliphatic heterocycles. The Labute approximate surface area is 177 Å². The van der Waals surface area contributed by atoms with Crippen LogP contribution in [0.4, 0.5) is 0 Å². The van der Waals surface area contributed by atoms with E-state index in [1.807, 2.05) is 19.1 Å². The standard InChI is InChI=1S/C23H30N4O3/c1-2-24-23(26-11-9-15-5-3-6-18(28)13-15)25-10-4-12-27-21(29)19-16-7-8-17(14-16)20(19)22(27)30/h3,5-8,13,16-17,19-20,28H,2,4,9-12,14H2,1H3,(H2,24,25,26). The van der Waals surface area contributed by atoms with Gasteiger partial charge in [-0.3, -0.25) is 19.5 Å². The number of carbonyl (C=O) groups excluding carboxylic acids is 2. The van der Waals surface area contributed by atoms with Crippen LogP contribution in [-0.2, 0) is 16.0 Å². The number of phenols is 1.